The summed E-state index contributed by atoms with van der Waals surface area (Å²) < 4.78 is 5.05. The molecule has 2 N–H and O–H groups in total. The third kappa shape index (κ3) is 3.20. The molecule has 1 fully saturated rings. The van der Waals surface area contributed by atoms with Crippen LogP contribution in [0.3, 0.4) is 0 Å². The van der Waals surface area contributed by atoms with E-state index < -0.39 is 0 Å². The normalized spacial score (nSPS) is 18.6. The first kappa shape index (κ1) is 15.0. The van der Waals surface area contributed by atoms with Crippen LogP contribution in [0.25, 0.3) is 0 Å². The van der Waals surface area contributed by atoms with Crippen molar-refractivity contribution in [3.63, 3.8) is 0 Å². The number of hydrogen-bond donors (Lipinski definition) is 1. The van der Waals surface area contributed by atoms with Gasteiger partial charge in [-0.1, -0.05) is 30.8 Å². The first-order valence-corrected chi connectivity index (χ1v) is 7.45. The van der Waals surface area contributed by atoms with E-state index in [2.05, 4.69) is 5.16 Å². The molecule has 1 amide bonds. The predicted molar refractivity (Wildman–Crippen MR) is 76.9 cm³/mol. The van der Waals surface area contributed by atoms with Crippen molar-refractivity contribution in [1.82, 2.24) is 10.1 Å². The van der Waals surface area contributed by atoms with Gasteiger partial charge in [0.2, 0.25) is 5.91 Å². The maximum atomic E-state index is 12.8. The average Bonchev–Trinajstić information content (AvgIpc) is 2.71. The van der Waals surface area contributed by atoms with Crippen LogP contribution < -0.4 is 5.73 Å². The van der Waals surface area contributed by atoms with Crippen LogP contribution in [0.15, 0.2) is 10.6 Å². The number of nitrogens with zero attached hydrogens (tertiary/aromatic N) is 2. The van der Waals surface area contributed by atoms with Crippen LogP contribution in [0.1, 0.15) is 50.0 Å². The number of carbonyl (C=O) groups excluding carboxylic acids is 1. The van der Waals surface area contributed by atoms with Crippen molar-refractivity contribution >= 4 is 5.91 Å². The lowest BCUT2D eigenvalue weighted by Crippen LogP contribution is -2.46. The van der Waals surface area contributed by atoms with Gasteiger partial charge in [-0.05, 0) is 19.8 Å². The maximum Gasteiger partial charge on any atom is 0.230 e. The van der Waals surface area contributed by atoms with Gasteiger partial charge in [0.15, 0.2) is 0 Å². The first-order valence-electron chi connectivity index (χ1n) is 7.45. The molecule has 112 valence electrons. The van der Waals surface area contributed by atoms with Crippen molar-refractivity contribution < 1.29 is 9.32 Å². The van der Waals surface area contributed by atoms with E-state index in [1.807, 2.05) is 20.0 Å². The highest BCUT2D eigenvalue weighted by atomic mass is 16.5. The highest BCUT2D eigenvalue weighted by Gasteiger charge is 2.39. The molecule has 1 aromatic heterocycles. The van der Waals surface area contributed by atoms with E-state index in [4.69, 9.17) is 10.3 Å². The lowest BCUT2D eigenvalue weighted by molar-refractivity contribution is -0.141. The number of nitrogens with two attached hydrogens (primary N) is 1. The number of hydrogen-bond acceptors (Lipinski definition) is 4. The van der Waals surface area contributed by atoms with Gasteiger partial charge in [0.05, 0.1) is 12.0 Å². The monoisotopic (exact) mass is 279 g/mol. The summed E-state index contributed by atoms with van der Waals surface area (Å²) in [5.41, 5.74) is 6.38. The Kier molecular flexibility index (Phi) is 4.81. The van der Waals surface area contributed by atoms with Crippen LogP contribution >= 0.6 is 0 Å². The minimum Gasteiger partial charge on any atom is -0.361 e. The lowest BCUT2D eigenvalue weighted by atomic mass is 9.79. The fourth-order valence-corrected chi connectivity index (χ4v) is 3.12. The van der Waals surface area contributed by atoms with E-state index in [-0.39, 0.29) is 11.3 Å². The molecular formula is C15H25N3O2. The largest absolute Gasteiger partial charge is 0.361 e. The smallest absolute Gasteiger partial charge is 0.230 e. The topological polar surface area (TPSA) is 72.4 Å². The van der Waals surface area contributed by atoms with Crippen LogP contribution in [0, 0.1) is 12.3 Å². The van der Waals surface area contributed by atoms with Crippen molar-refractivity contribution in [3.8, 4) is 0 Å². The maximum absolute atomic E-state index is 12.8. The number of aryl methyl sites for hydroxylation is 1. The van der Waals surface area contributed by atoms with Crippen LogP contribution in [0.2, 0.25) is 0 Å². The molecule has 0 radical (unpaired) electrons. The zero-order valence-electron chi connectivity index (χ0n) is 12.5. The Labute approximate surface area is 120 Å². The summed E-state index contributed by atoms with van der Waals surface area (Å²) in [5.74, 6) is 0.923. The lowest BCUT2D eigenvalue weighted by Gasteiger charge is -2.33. The molecule has 1 saturated carbocycles. The molecule has 0 saturated heterocycles. The van der Waals surface area contributed by atoms with Gasteiger partial charge in [-0.3, -0.25) is 4.79 Å². The van der Waals surface area contributed by atoms with E-state index in [0.717, 1.165) is 37.1 Å². The molecule has 5 heteroatoms. The zero-order valence-corrected chi connectivity index (χ0v) is 12.5. The predicted octanol–water partition coefficient (Wildman–Crippen LogP) is 2.24. The molecule has 0 aliphatic heterocycles. The van der Waals surface area contributed by atoms with Gasteiger partial charge in [-0.15, -0.1) is 0 Å². The van der Waals surface area contributed by atoms with E-state index in [1.165, 1.54) is 12.8 Å². The number of rotatable bonds is 4. The summed E-state index contributed by atoms with van der Waals surface area (Å²) in [6, 6.07) is 1.87. The standard InChI is InChI=1S/C15H25N3O2/c1-12-9-13(17-20-12)10-18(2)14(19)15(11-16)7-5-3-4-6-8-15/h9H,3-8,10-11,16H2,1-2H3. The molecular weight excluding hydrogens is 254 g/mol. The molecule has 5 nitrogen and oxygen atoms in total. The van der Waals surface area contributed by atoms with Crippen molar-refractivity contribution in [2.45, 2.75) is 52.0 Å². The third-order valence-electron chi connectivity index (χ3n) is 4.33. The van der Waals surface area contributed by atoms with Crippen LogP contribution in [0.5, 0.6) is 0 Å². The fourth-order valence-electron chi connectivity index (χ4n) is 3.12. The minimum absolute atomic E-state index is 0.155. The molecule has 1 aliphatic carbocycles. The quantitative estimate of drug-likeness (QED) is 0.858. The van der Waals surface area contributed by atoms with E-state index in [0.29, 0.717) is 13.1 Å². The van der Waals surface area contributed by atoms with Crippen LogP contribution in [-0.2, 0) is 11.3 Å². The summed E-state index contributed by atoms with van der Waals surface area (Å²) in [6.45, 7) is 2.77. The summed E-state index contributed by atoms with van der Waals surface area (Å²) in [6.07, 6.45) is 6.43. The first-order chi connectivity index (χ1) is 9.57. The van der Waals surface area contributed by atoms with Gasteiger partial charge in [0.25, 0.3) is 0 Å². The summed E-state index contributed by atoms with van der Waals surface area (Å²) >= 11 is 0. The van der Waals surface area contributed by atoms with E-state index >= 15 is 0 Å². The Bertz CT molecular complexity index is 448. The third-order valence-corrected chi connectivity index (χ3v) is 4.33. The SMILES string of the molecule is Cc1cc(CN(C)C(=O)C2(CN)CCCCCC2)no1. The molecule has 2 rings (SSSR count). The molecule has 1 aromatic rings. The molecule has 20 heavy (non-hydrogen) atoms. The molecule has 1 heterocycles. The van der Waals surface area contributed by atoms with Gasteiger partial charge in [0, 0.05) is 19.7 Å². The second kappa shape index (κ2) is 6.39. The number of aromatic nitrogens is 1. The summed E-state index contributed by atoms with van der Waals surface area (Å²) in [5, 5.41) is 3.95. The van der Waals surface area contributed by atoms with Gasteiger partial charge < -0.3 is 15.2 Å². The van der Waals surface area contributed by atoms with Crippen molar-refractivity contribution in [2.24, 2.45) is 11.1 Å². The Morgan fingerprint density at radius 3 is 2.55 bits per heavy atom. The van der Waals surface area contributed by atoms with Crippen molar-refractivity contribution in [3.05, 3.63) is 17.5 Å². The zero-order chi connectivity index (χ0) is 14.6. The second-order valence-electron chi connectivity index (χ2n) is 5.99. The molecule has 0 spiro atoms. The molecule has 0 bridgehead atoms. The number of carbonyl (C=O) groups is 1. The van der Waals surface area contributed by atoms with Crippen LogP contribution in [-0.4, -0.2) is 29.6 Å². The van der Waals surface area contributed by atoms with E-state index in [1.54, 1.807) is 4.90 Å². The number of amides is 1. The van der Waals surface area contributed by atoms with Gasteiger partial charge in [0.1, 0.15) is 11.5 Å². The Balaban J connectivity index is 2.06. The molecule has 0 atom stereocenters. The molecule has 1 aliphatic rings. The van der Waals surface area contributed by atoms with Gasteiger partial charge in [-0.25, -0.2) is 0 Å². The molecule has 0 aromatic carbocycles. The highest BCUT2D eigenvalue weighted by molar-refractivity contribution is 5.82. The Morgan fingerprint density at radius 1 is 1.40 bits per heavy atom. The van der Waals surface area contributed by atoms with E-state index in [9.17, 15) is 4.79 Å². The second-order valence-corrected chi connectivity index (χ2v) is 5.99. The minimum atomic E-state index is -0.371. The van der Waals surface area contributed by atoms with Crippen molar-refractivity contribution in [1.29, 1.82) is 0 Å². The highest BCUT2D eigenvalue weighted by Crippen LogP contribution is 2.36. The summed E-state index contributed by atoms with van der Waals surface area (Å²) in [4.78, 5) is 14.5. The molecule has 0 unspecified atom stereocenters. The average molecular weight is 279 g/mol. The Morgan fingerprint density at radius 2 is 2.05 bits per heavy atom. The van der Waals surface area contributed by atoms with Crippen LogP contribution in [0.4, 0.5) is 0 Å². The summed E-state index contributed by atoms with van der Waals surface area (Å²) in [7, 11) is 1.83. The fraction of sp³-hybridized carbons (Fsp3) is 0.733. The van der Waals surface area contributed by atoms with Crippen molar-refractivity contribution in [2.75, 3.05) is 13.6 Å². The van der Waals surface area contributed by atoms with Gasteiger partial charge in [-0.2, -0.15) is 0 Å². The Hall–Kier alpha value is -1.36. The van der Waals surface area contributed by atoms with Gasteiger partial charge >= 0.3 is 0 Å².